The number of carbonyl (C=O) groups is 1. The number of aromatic carboxylic acids is 1. The molecule has 0 saturated heterocycles. The van der Waals surface area contributed by atoms with Crippen LogP contribution in [-0.2, 0) is 7.05 Å². The maximum Gasteiger partial charge on any atom is 0.352 e. The Morgan fingerprint density at radius 2 is 1.94 bits per heavy atom. The zero-order valence-electron chi connectivity index (χ0n) is 10.1. The van der Waals surface area contributed by atoms with Crippen LogP contribution in [0.3, 0.4) is 0 Å². The molecule has 0 unspecified atom stereocenters. The third kappa shape index (κ3) is 1.75. The summed E-state index contributed by atoms with van der Waals surface area (Å²) in [5, 5.41) is 19.5. The van der Waals surface area contributed by atoms with Gasteiger partial charge in [-0.05, 0) is 29.7 Å². The van der Waals surface area contributed by atoms with Gasteiger partial charge in [-0.25, -0.2) is 4.79 Å². The Labute approximate surface area is 99.1 Å². The van der Waals surface area contributed by atoms with Crippen LogP contribution in [-0.4, -0.2) is 20.7 Å². The molecule has 2 rings (SSSR count). The van der Waals surface area contributed by atoms with Crippen molar-refractivity contribution >= 4 is 16.9 Å². The lowest BCUT2D eigenvalue weighted by Crippen LogP contribution is -2.03. The van der Waals surface area contributed by atoms with Gasteiger partial charge >= 0.3 is 5.97 Å². The van der Waals surface area contributed by atoms with Crippen molar-refractivity contribution in [3.63, 3.8) is 0 Å². The summed E-state index contributed by atoms with van der Waals surface area (Å²) >= 11 is 0. The molecule has 1 aromatic carbocycles. The predicted molar refractivity (Wildman–Crippen MR) is 65.6 cm³/mol. The number of aromatic hydroxyl groups is 1. The second kappa shape index (κ2) is 3.80. The number of phenols is 1. The standard InChI is InChI=1S/C13H15NO3/c1-7(2)8-4-10-9(12(15)5-8)6-11(13(16)17)14(10)3/h4-7,15H,1-3H3,(H,16,17). The first-order valence-electron chi connectivity index (χ1n) is 5.47. The second-order valence-electron chi connectivity index (χ2n) is 4.52. The van der Waals surface area contributed by atoms with Crippen molar-refractivity contribution in [3.05, 3.63) is 29.5 Å². The van der Waals surface area contributed by atoms with E-state index in [1.54, 1.807) is 17.7 Å². The van der Waals surface area contributed by atoms with Crippen LogP contribution in [0.15, 0.2) is 18.2 Å². The first-order chi connectivity index (χ1) is 7.91. The zero-order chi connectivity index (χ0) is 12.7. The molecular formula is C13H15NO3. The summed E-state index contributed by atoms with van der Waals surface area (Å²) in [4.78, 5) is 11.0. The Morgan fingerprint density at radius 3 is 2.47 bits per heavy atom. The third-order valence-electron chi connectivity index (χ3n) is 3.05. The highest BCUT2D eigenvalue weighted by Crippen LogP contribution is 2.31. The molecule has 90 valence electrons. The van der Waals surface area contributed by atoms with E-state index in [9.17, 15) is 9.90 Å². The number of hydrogen-bond acceptors (Lipinski definition) is 2. The van der Waals surface area contributed by atoms with E-state index in [0.717, 1.165) is 11.1 Å². The van der Waals surface area contributed by atoms with Crippen LogP contribution in [0.4, 0.5) is 0 Å². The predicted octanol–water partition coefficient (Wildman–Crippen LogP) is 2.71. The number of aromatic nitrogens is 1. The van der Waals surface area contributed by atoms with E-state index in [0.29, 0.717) is 5.39 Å². The molecule has 0 bridgehead atoms. The molecular weight excluding hydrogens is 218 g/mol. The fourth-order valence-electron chi connectivity index (χ4n) is 1.97. The second-order valence-corrected chi connectivity index (χ2v) is 4.52. The maximum atomic E-state index is 11.0. The highest BCUT2D eigenvalue weighted by Gasteiger charge is 2.15. The summed E-state index contributed by atoms with van der Waals surface area (Å²) in [7, 11) is 1.69. The van der Waals surface area contributed by atoms with E-state index in [2.05, 4.69) is 0 Å². The molecule has 4 nitrogen and oxygen atoms in total. The van der Waals surface area contributed by atoms with Crippen LogP contribution < -0.4 is 0 Å². The first-order valence-corrected chi connectivity index (χ1v) is 5.47. The van der Waals surface area contributed by atoms with Gasteiger partial charge in [-0.1, -0.05) is 13.8 Å². The average molecular weight is 233 g/mol. The fourth-order valence-corrected chi connectivity index (χ4v) is 1.97. The summed E-state index contributed by atoms with van der Waals surface area (Å²) in [6.45, 7) is 4.06. The average Bonchev–Trinajstić information content (AvgIpc) is 2.57. The normalized spacial score (nSPS) is 11.3. The Hall–Kier alpha value is -1.97. The van der Waals surface area contributed by atoms with Gasteiger partial charge in [-0.15, -0.1) is 0 Å². The Bertz CT molecular complexity index is 596. The minimum atomic E-state index is -0.991. The molecule has 1 aromatic heterocycles. The number of carboxylic acid groups (broad SMARTS) is 1. The lowest BCUT2D eigenvalue weighted by molar-refractivity contribution is 0.0687. The Balaban J connectivity index is 2.79. The molecule has 0 aliphatic carbocycles. The van der Waals surface area contributed by atoms with Gasteiger partial charge in [-0.3, -0.25) is 0 Å². The van der Waals surface area contributed by atoms with Crippen LogP contribution in [0.2, 0.25) is 0 Å². The SMILES string of the molecule is CC(C)c1cc(O)c2cc(C(=O)O)n(C)c2c1. The van der Waals surface area contributed by atoms with Crippen LogP contribution in [0.5, 0.6) is 5.75 Å². The zero-order valence-corrected chi connectivity index (χ0v) is 10.1. The van der Waals surface area contributed by atoms with Crippen molar-refractivity contribution < 1.29 is 15.0 Å². The summed E-state index contributed by atoms with van der Waals surface area (Å²) in [5.74, 6) is -0.572. The van der Waals surface area contributed by atoms with E-state index in [4.69, 9.17) is 5.11 Å². The lowest BCUT2D eigenvalue weighted by atomic mass is 10.0. The molecule has 1 heterocycles. The Kier molecular flexibility index (Phi) is 2.58. The van der Waals surface area contributed by atoms with Crippen molar-refractivity contribution in [1.82, 2.24) is 4.57 Å². The number of phenolic OH excluding ortho intramolecular Hbond substituents is 1. The molecule has 4 heteroatoms. The van der Waals surface area contributed by atoms with Gasteiger partial charge in [0.05, 0.1) is 5.52 Å². The molecule has 2 N–H and O–H groups in total. The van der Waals surface area contributed by atoms with E-state index in [-0.39, 0.29) is 17.4 Å². The molecule has 0 fully saturated rings. The maximum absolute atomic E-state index is 11.0. The van der Waals surface area contributed by atoms with Gasteiger partial charge in [0.15, 0.2) is 0 Å². The summed E-state index contributed by atoms with van der Waals surface area (Å²) < 4.78 is 1.59. The summed E-state index contributed by atoms with van der Waals surface area (Å²) in [6, 6.07) is 5.11. The van der Waals surface area contributed by atoms with Gasteiger partial charge in [0.2, 0.25) is 0 Å². The lowest BCUT2D eigenvalue weighted by Gasteiger charge is -2.08. The van der Waals surface area contributed by atoms with Crippen LogP contribution in [0.25, 0.3) is 10.9 Å². The molecule has 0 atom stereocenters. The minimum Gasteiger partial charge on any atom is -0.507 e. The molecule has 0 aliphatic rings. The van der Waals surface area contributed by atoms with Crippen LogP contribution in [0.1, 0.15) is 35.8 Å². The van der Waals surface area contributed by atoms with Crippen molar-refractivity contribution in [1.29, 1.82) is 0 Å². The number of fused-ring (bicyclic) bond motifs is 1. The Morgan fingerprint density at radius 1 is 1.29 bits per heavy atom. The topological polar surface area (TPSA) is 62.5 Å². The fraction of sp³-hybridized carbons (Fsp3) is 0.308. The highest BCUT2D eigenvalue weighted by molar-refractivity contribution is 5.97. The molecule has 2 aromatic rings. The van der Waals surface area contributed by atoms with Crippen LogP contribution >= 0.6 is 0 Å². The number of nitrogens with zero attached hydrogens (tertiary/aromatic N) is 1. The molecule has 0 spiro atoms. The van der Waals surface area contributed by atoms with Crippen molar-refractivity contribution in [3.8, 4) is 5.75 Å². The number of carboxylic acids is 1. The summed E-state index contributed by atoms with van der Waals surface area (Å²) in [5.41, 5.74) is 1.91. The van der Waals surface area contributed by atoms with E-state index in [1.807, 2.05) is 19.9 Å². The number of hydrogen-bond donors (Lipinski definition) is 2. The smallest absolute Gasteiger partial charge is 0.352 e. The van der Waals surface area contributed by atoms with Crippen LogP contribution in [0, 0.1) is 0 Å². The van der Waals surface area contributed by atoms with Crippen molar-refractivity contribution in [2.24, 2.45) is 7.05 Å². The number of aryl methyl sites for hydroxylation is 1. The van der Waals surface area contributed by atoms with Crippen molar-refractivity contribution in [2.75, 3.05) is 0 Å². The number of benzene rings is 1. The van der Waals surface area contributed by atoms with Crippen molar-refractivity contribution in [2.45, 2.75) is 19.8 Å². The van der Waals surface area contributed by atoms with Gasteiger partial charge in [0, 0.05) is 12.4 Å². The van der Waals surface area contributed by atoms with E-state index >= 15 is 0 Å². The van der Waals surface area contributed by atoms with Gasteiger partial charge < -0.3 is 14.8 Å². The number of rotatable bonds is 2. The molecule has 0 aliphatic heterocycles. The summed E-state index contributed by atoms with van der Waals surface area (Å²) in [6.07, 6.45) is 0. The van der Waals surface area contributed by atoms with Gasteiger partial charge in [0.1, 0.15) is 11.4 Å². The largest absolute Gasteiger partial charge is 0.507 e. The van der Waals surface area contributed by atoms with E-state index < -0.39 is 5.97 Å². The monoisotopic (exact) mass is 233 g/mol. The third-order valence-corrected chi connectivity index (χ3v) is 3.05. The van der Waals surface area contributed by atoms with Gasteiger partial charge in [0.25, 0.3) is 0 Å². The minimum absolute atomic E-state index is 0.134. The van der Waals surface area contributed by atoms with Gasteiger partial charge in [-0.2, -0.15) is 0 Å². The first kappa shape index (κ1) is 11.5. The molecule has 0 radical (unpaired) electrons. The quantitative estimate of drug-likeness (QED) is 0.838. The molecule has 0 amide bonds. The molecule has 17 heavy (non-hydrogen) atoms. The van der Waals surface area contributed by atoms with E-state index in [1.165, 1.54) is 6.07 Å². The highest BCUT2D eigenvalue weighted by atomic mass is 16.4. The molecule has 0 saturated carbocycles.